The summed E-state index contributed by atoms with van der Waals surface area (Å²) >= 11 is 1.55. The van der Waals surface area contributed by atoms with Crippen molar-refractivity contribution in [2.24, 2.45) is 0 Å². The lowest BCUT2D eigenvalue weighted by Gasteiger charge is -2.10. The molecule has 5 nitrogen and oxygen atoms in total. The van der Waals surface area contributed by atoms with Gasteiger partial charge in [-0.1, -0.05) is 0 Å². The molecule has 0 fully saturated rings. The Kier molecular flexibility index (Phi) is 3.73. The molecule has 0 unspecified atom stereocenters. The van der Waals surface area contributed by atoms with Gasteiger partial charge in [0.15, 0.2) is 4.96 Å². The molecule has 6 heteroatoms. The minimum absolute atomic E-state index is 0.322. The zero-order valence-electron chi connectivity index (χ0n) is 12.6. The summed E-state index contributed by atoms with van der Waals surface area (Å²) < 4.78 is 12.8. The monoisotopic (exact) mass is 313 g/mol. The number of imidazole rings is 1. The van der Waals surface area contributed by atoms with Gasteiger partial charge in [-0.3, -0.25) is 4.40 Å². The molecule has 0 aliphatic rings. The van der Waals surface area contributed by atoms with Crippen LogP contribution in [-0.2, 0) is 6.42 Å². The number of aromatic nitrogens is 2. The van der Waals surface area contributed by atoms with Gasteiger partial charge in [-0.2, -0.15) is 5.26 Å². The first-order chi connectivity index (χ1) is 10.7. The van der Waals surface area contributed by atoms with Crippen LogP contribution in [0.25, 0.3) is 16.2 Å². The van der Waals surface area contributed by atoms with Crippen LogP contribution in [0.3, 0.4) is 0 Å². The van der Waals surface area contributed by atoms with Gasteiger partial charge in [-0.25, -0.2) is 4.98 Å². The number of fused-ring (bicyclic) bond motifs is 1. The Balaban J connectivity index is 2.29. The van der Waals surface area contributed by atoms with Gasteiger partial charge in [0, 0.05) is 10.9 Å². The SMILES string of the molecule is COc1ccc(OC)c(-c2csc3nc(C)c(CC#N)n23)c1. The van der Waals surface area contributed by atoms with E-state index in [1.165, 1.54) is 0 Å². The smallest absolute Gasteiger partial charge is 0.194 e. The van der Waals surface area contributed by atoms with Crippen LogP contribution in [0.5, 0.6) is 11.5 Å². The van der Waals surface area contributed by atoms with Gasteiger partial charge in [0.1, 0.15) is 11.5 Å². The Hall–Kier alpha value is -2.52. The van der Waals surface area contributed by atoms with E-state index in [-0.39, 0.29) is 0 Å². The lowest BCUT2D eigenvalue weighted by molar-refractivity contribution is 0.404. The van der Waals surface area contributed by atoms with Gasteiger partial charge in [-0.05, 0) is 25.1 Å². The highest BCUT2D eigenvalue weighted by molar-refractivity contribution is 7.15. The summed E-state index contributed by atoms with van der Waals surface area (Å²) in [4.78, 5) is 5.41. The fourth-order valence-electron chi connectivity index (χ4n) is 2.50. The molecule has 2 heterocycles. The number of thiazole rings is 1. The second kappa shape index (κ2) is 5.70. The number of methoxy groups -OCH3 is 2. The molecule has 3 rings (SSSR count). The first-order valence-electron chi connectivity index (χ1n) is 6.74. The van der Waals surface area contributed by atoms with E-state index in [4.69, 9.17) is 14.7 Å². The van der Waals surface area contributed by atoms with Gasteiger partial charge < -0.3 is 9.47 Å². The predicted octanol–water partition coefficient (Wildman–Crippen LogP) is 3.45. The summed E-state index contributed by atoms with van der Waals surface area (Å²) in [7, 11) is 3.28. The predicted molar refractivity (Wildman–Crippen MR) is 85.7 cm³/mol. The molecule has 0 saturated carbocycles. The maximum absolute atomic E-state index is 9.07. The molecule has 0 radical (unpaired) electrons. The summed E-state index contributed by atoms with van der Waals surface area (Å²) in [6, 6.07) is 7.89. The summed E-state index contributed by atoms with van der Waals surface area (Å²) in [5.74, 6) is 1.52. The van der Waals surface area contributed by atoms with Crippen LogP contribution in [0.4, 0.5) is 0 Å². The molecule has 0 bridgehead atoms. The maximum atomic E-state index is 9.07. The molecule has 0 saturated heterocycles. The zero-order chi connectivity index (χ0) is 15.7. The number of benzene rings is 1. The van der Waals surface area contributed by atoms with E-state index in [0.29, 0.717) is 6.42 Å². The van der Waals surface area contributed by atoms with Crippen molar-refractivity contribution in [3.05, 3.63) is 35.0 Å². The summed E-state index contributed by atoms with van der Waals surface area (Å²) in [5.41, 5.74) is 3.68. The minimum atomic E-state index is 0.322. The third-order valence-corrected chi connectivity index (χ3v) is 4.41. The van der Waals surface area contributed by atoms with Gasteiger partial charge in [-0.15, -0.1) is 11.3 Å². The molecular formula is C16H15N3O2S. The van der Waals surface area contributed by atoms with Crippen LogP contribution in [0.1, 0.15) is 11.4 Å². The quantitative estimate of drug-likeness (QED) is 0.740. The van der Waals surface area contributed by atoms with Crippen molar-refractivity contribution in [3.8, 4) is 28.8 Å². The maximum Gasteiger partial charge on any atom is 0.194 e. The Labute approximate surface area is 132 Å². The largest absolute Gasteiger partial charge is 0.497 e. The molecule has 0 aliphatic heterocycles. The van der Waals surface area contributed by atoms with Crippen LogP contribution in [0.2, 0.25) is 0 Å². The fraction of sp³-hybridized carbons (Fsp3) is 0.250. The molecule has 0 aliphatic carbocycles. The van der Waals surface area contributed by atoms with E-state index in [1.54, 1.807) is 25.6 Å². The van der Waals surface area contributed by atoms with Crippen LogP contribution in [0, 0.1) is 18.3 Å². The molecule has 3 aromatic rings. The van der Waals surface area contributed by atoms with Crippen molar-refractivity contribution in [1.29, 1.82) is 5.26 Å². The molecule has 2 aromatic heterocycles. The Morgan fingerprint density at radius 3 is 2.82 bits per heavy atom. The highest BCUT2D eigenvalue weighted by Gasteiger charge is 2.18. The second-order valence-corrected chi connectivity index (χ2v) is 5.62. The molecule has 0 spiro atoms. The number of nitriles is 1. The molecular weight excluding hydrogens is 298 g/mol. The van der Waals surface area contributed by atoms with Crippen molar-refractivity contribution in [2.75, 3.05) is 14.2 Å². The molecule has 0 atom stereocenters. The van der Waals surface area contributed by atoms with Gasteiger partial charge in [0.2, 0.25) is 0 Å². The van der Waals surface area contributed by atoms with E-state index < -0.39 is 0 Å². The first-order valence-corrected chi connectivity index (χ1v) is 7.62. The molecule has 1 aromatic carbocycles. The minimum Gasteiger partial charge on any atom is -0.497 e. The van der Waals surface area contributed by atoms with Crippen molar-refractivity contribution >= 4 is 16.3 Å². The number of nitrogens with zero attached hydrogens (tertiary/aromatic N) is 3. The van der Waals surface area contributed by atoms with Gasteiger partial charge in [0.05, 0.1) is 43.8 Å². The topological polar surface area (TPSA) is 59.5 Å². The van der Waals surface area contributed by atoms with E-state index >= 15 is 0 Å². The normalized spacial score (nSPS) is 10.6. The van der Waals surface area contributed by atoms with E-state index in [1.807, 2.05) is 34.9 Å². The lowest BCUT2D eigenvalue weighted by Crippen LogP contribution is -1.97. The summed E-state index contributed by atoms with van der Waals surface area (Å²) in [6.45, 7) is 1.93. The average molecular weight is 313 g/mol. The molecule has 22 heavy (non-hydrogen) atoms. The van der Waals surface area contributed by atoms with Crippen molar-refractivity contribution < 1.29 is 9.47 Å². The summed E-state index contributed by atoms with van der Waals surface area (Å²) in [5, 5.41) is 11.1. The number of hydrogen-bond donors (Lipinski definition) is 0. The number of ether oxygens (including phenoxy) is 2. The highest BCUT2D eigenvalue weighted by atomic mass is 32.1. The number of aryl methyl sites for hydroxylation is 1. The Morgan fingerprint density at radius 1 is 1.32 bits per heavy atom. The molecule has 0 N–H and O–H groups in total. The van der Waals surface area contributed by atoms with E-state index in [9.17, 15) is 0 Å². The Bertz CT molecular complexity index is 874. The third-order valence-electron chi connectivity index (χ3n) is 3.59. The van der Waals surface area contributed by atoms with Crippen LogP contribution in [0.15, 0.2) is 23.6 Å². The zero-order valence-corrected chi connectivity index (χ0v) is 13.4. The van der Waals surface area contributed by atoms with Gasteiger partial charge in [0.25, 0.3) is 0 Å². The summed E-state index contributed by atoms with van der Waals surface area (Å²) in [6.07, 6.45) is 0.322. The molecule has 0 amide bonds. The van der Waals surface area contributed by atoms with Crippen LogP contribution in [-0.4, -0.2) is 23.6 Å². The van der Waals surface area contributed by atoms with E-state index in [2.05, 4.69) is 11.1 Å². The fourth-order valence-corrected chi connectivity index (χ4v) is 3.46. The third kappa shape index (κ3) is 2.20. The Morgan fingerprint density at radius 2 is 2.14 bits per heavy atom. The first kappa shape index (κ1) is 14.4. The average Bonchev–Trinajstić information content (AvgIpc) is 3.07. The number of rotatable bonds is 4. The van der Waals surface area contributed by atoms with Crippen molar-refractivity contribution in [3.63, 3.8) is 0 Å². The second-order valence-electron chi connectivity index (χ2n) is 4.78. The highest BCUT2D eigenvalue weighted by Crippen LogP contribution is 2.36. The van der Waals surface area contributed by atoms with Crippen molar-refractivity contribution in [2.45, 2.75) is 13.3 Å². The van der Waals surface area contributed by atoms with E-state index in [0.717, 1.165) is 39.1 Å². The van der Waals surface area contributed by atoms with Gasteiger partial charge >= 0.3 is 0 Å². The standard InChI is InChI=1S/C16H15N3O2S/c1-10-13(6-7-17)19-14(9-22-16(19)18-10)12-8-11(20-2)4-5-15(12)21-3/h4-5,8-9H,6H2,1-3H3. The van der Waals surface area contributed by atoms with Crippen LogP contribution >= 0.6 is 11.3 Å². The number of hydrogen-bond acceptors (Lipinski definition) is 5. The molecule has 112 valence electrons. The van der Waals surface area contributed by atoms with Crippen LogP contribution < -0.4 is 9.47 Å². The van der Waals surface area contributed by atoms with Crippen molar-refractivity contribution in [1.82, 2.24) is 9.38 Å². The lowest BCUT2D eigenvalue weighted by atomic mass is 10.1.